The average Bonchev–Trinajstić information content (AvgIpc) is 2.93. The number of aryl methyl sites for hydroxylation is 2. The molecule has 0 aliphatic carbocycles. The van der Waals surface area contributed by atoms with Gasteiger partial charge in [0.05, 0.1) is 16.6 Å². The number of hydrazine groups is 1. The van der Waals surface area contributed by atoms with Crippen LogP contribution in [0.1, 0.15) is 48.4 Å². The third kappa shape index (κ3) is 4.10. The summed E-state index contributed by atoms with van der Waals surface area (Å²) in [6, 6.07) is 10.7. The summed E-state index contributed by atoms with van der Waals surface area (Å²) in [5.74, 6) is 5.71. The lowest BCUT2D eigenvalue weighted by atomic mass is 10.0. The molecule has 2 rings (SSSR count). The second-order valence-electron chi connectivity index (χ2n) is 4.93. The number of nitrogens with zero attached hydrogens (tertiary/aromatic N) is 2. The smallest absolute Gasteiger partial charge is 0.0804 e. The molecule has 20 heavy (non-hydrogen) atoms. The molecular formula is C15H22N4S. The third-order valence-electron chi connectivity index (χ3n) is 3.39. The van der Waals surface area contributed by atoms with Crippen LogP contribution in [0.2, 0.25) is 0 Å². The van der Waals surface area contributed by atoms with Gasteiger partial charge in [0, 0.05) is 0 Å². The first-order valence-electron chi connectivity index (χ1n) is 7.16. The van der Waals surface area contributed by atoms with Crippen LogP contribution in [0, 0.1) is 0 Å². The number of hydrogen-bond donors (Lipinski definition) is 2. The number of hydrogen-bond acceptors (Lipinski definition) is 5. The van der Waals surface area contributed by atoms with Crippen molar-refractivity contribution in [2.75, 3.05) is 0 Å². The molecule has 0 bridgehead atoms. The van der Waals surface area contributed by atoms with E-state index in [-0.39, 0.29) is 6.04 Å². The van der Waals surface area contributed by atoms with Crippen LogP contribution >= 0.6 is 11.5 Å². The van der Waals surface area contributed by atoms with Crippen molar-refractivity contribution < 1.29 is 0 Å². The minimum absolute atomic E-state index is 0.167. The maximum absolute atomic E-state index is 5.71. The first-order chi connectivity index (χ1) is 9.85. The summed E-state index contributed by atoms with van der Waals surface area (Å²) in [6.07, 6.45) is 5.24. The molecule has 1 aromatic carbocycles. The highest BCUT2D eigenvalue weighted by Gasteiger charge is 2.17. The molecule has 0 saturated heterocycles. The summed E-state index contributed by atoms with van der Waals surface area (Å²) in [4.78, 5) is 1.20. The van der Waals surface area contributed by atoms with Gasteiger partial charge in [0.2, 0.25) is 0 Å². The van der Waals surface area contributed by atoms with Crippen LogP contribution < -0.4 is 11.3 Å². The average molecular weight is 290 g/mol. The first kappa shape index (κ1) is 15.1. The maximum Gasteiger partial charge on any atom is 0.0804 e. The molecule has 0 amide bonds. The third-order valence-corrected chi connectivity index (χ3v) is 4.27. The highest BCUT2D eigenvalue weighted by molar-refractivity contribution is 7.05. The molecule has 4 nitrogen and oxygen atoms in total. The fourth-order valence-electron chi connectivity index (χ4n) is 2.34. The van der Waals surface area contributed by atoms with Crippen molar-refractivity contribution in [3.63, 3.8) is 0 Å². The van der Waals surface area contributed by atoms with Gasteiger partial charge in [0.15, 0.2) is 0 Å². The summed E-state index contributed by atoms with van der Waals surface area (Å²) < 4.78 is 4.07. The van der Waals surface area contributed by atoms with Crippen LogP contribution in [0.15, 0.2) is 30.3 Å². The monoisotopic (exact) mass is 290 g/mol. The number of rotatable bonds is 8. The topological polar surface area (TPSA) is 63.8 Å². The highest BCUT2D eigenvalue weighted by Crippen LogP contribution is 2.25. The van der Waals surface area contributed by atoms with Crippen LogP contribution in [0.4, 0.5) is 0 Å². The Morgan fingerprint density at radius 2 is 2.05 bits per heavy atom. The van der Waals surface area contributed by atoms with Crippen LogP contribution in [0.25, 0.3) is 0 Å². The van der Waals surface area contributed by atoms with Crippen LogP contribution in [-0.2, 0) is 12.8 Å². The Labute approximate surface area is 124 Å². The molecule has 1 heterocycles. The molecule has 1 aromatic heterocycles. The summed E-state index contributed by atoms with van der Waals surface area (Å²) >= 11 is 1.46. The number of nitrogens with two attached hydrogens (primary N) is 1. The Kier molecular flexibility index (Phi) is 6.11. The van der Waals surface area contributed by atoms with E-state index in [4.69, 9.17) is 5.84 Å². The zero-order valence-electron chi connectivity index (χ0n) is 11.9. The van der Waals surface area contributed by atoms with Crippen molar-refractivity contribution >= 4 is 11.5 Å². The SMILES string of the molecule is CCCc1nnsc1C(CCCc1ccccc1)NN. The van der Waals surface area contributed by atoms with E-state index in [1.54, 1.807) is 0 Å². The van der Waals surface area contributed by atoms with E-state index in [9.17, 15) is 0 Å². The van der Waals surface area contributed by atoms with Gasteiger partial charge in [0.1, 0.15) is 0 Å². The molecule has 5 heteroatoms. The largest absolute Gasteiger partial charge is 0.271 e. The van der Waals surface area contributed by atoms with Gasteiger partial charge in [-0.15, -0.1) is 5.10 Å². The van der Waals surface area contributed by atoms with Gasteiger partial charge in [-0.1, -0.05) is 48.2 Å². The van der Waals surface area contributed by atoms with E-state index in [0.717, 1.165) is 37.8 Å². The van der Waals surface area contributed by atoms with Crippen molar-refractivity contribution in [3.8, 4) is 0 Å². The Bertz CT molecular complexity index is 498. The summed E-state index contributed by atoms with van der Waals surface area (Å²) in [7, 11) is 0. The number of nitrogens with one attached hydrogen (secondary N) is 1. The molecule has 0 aliphatic heterocycles. The molecule has 0 saturated carbocycles. The van der Waals surface area contributed by atoms with Gasteiger partial charge in [0.25, 0.3) is 0 Å². The lowest BCUT2D eigenvalue weighted by molar-refractivity contribution is 0.501. The minimum Gasteiger partial charge on any atom is -0.271 e. The molecule has 0 spiro atoms. The van der Waals surface area contributed by atoms with Gasteiger partial charge in [-0.05, 0) is 42.8 Å². The van der Waals surface area contributed by atoms with E-state index in [2.05, 4.69) is 46.2 Å². The lowest BCUT2D eigenvalue weighted by Gasteiger charge is -2.14. The van der Waals surface area contributed by atoms with E-state index in [1.807, 2.05) is 6.07 Å². The molecular weight excluding hydrogens is 268 g/mol. The predicted molar refractivity (Wildman–Crippen MR) is 83.3 cm³/mol. The zero-order chi connectivity index (χ0) is 14.2. The van der Waals surface area contributed by atoms with Crippen LogP contribution in [0.5, 0.6) is 0 Å². The van der Waals surface area contributed by atoms with E-state index < -0.39 is 0 Å². The quantitative estimate of drug-likeness (QED) is 0.579. The van der Waals surface area contributed by atoms with Crippen LogP contribution in [0.3, 0.4) is 0 Å². The second kappa shape index (κ2) is 8.09. The van der Waals surface area contributed by atoms with Gasteiger partial charge in [-0.25, -0.2) is 0 Å². The predicted octanol–water partition coefficient (Wildman–Crippen LogP) is 3.02. The van der Waals surface area contributed by atoms with Gasteiger partial charge >= 0.3 is 0 Å². The fraction of sp³-hybridized carbons (Fsp3) is 0.467. The molecule has 3 N–H and O–H groups in total. The summed E-state index contributed by atoms with van der Waals surface area (Å²) in [5, 5.41) is 4.21. The number of benzene rings is 1. The Morgan fingerprint density at radius 3 is 2.75 bits per heavy atom. The molecule has 1 unspecified atom stereocenters. The van der Waals surface area contributed by atoms with Gasteiger partial charge in [-0.2, -0.15) is 0 Å². The van der Waals surface area contributed by atoms with E-state index in [0.29, 0.717) is 0 Å². The Morgan fingerprint density at radius 1 is 1.25 bits per heavy atom. The zero-order valence-corrected chi connectivity index (χ0v) is 12.7. The lowest BCUT2D eigenvalue weighted by Crippen LogP contribution is -2.28. The Balaban J connectivity index is 1.90. The van der Waals surface area contributed by atoms with E-state index >= 15 is 0 Å². The van der Waals surface area contributed by atoms with Crippen molar-refractivity contribution in [2.45, 2.75) is 45.1 Å². The fourth-order valence-corrected chi connectivity index (χ4v) is 3.12. The molecule has 0 radical (unpaired) electrons. The van der Waals surface area contributed by atoms with Crippen molar-refractivity contribution in [3.05, 3.63) is 46.5 Å². The van der Waals surface area contributed by atoms with Gasteiger partial charge < -0.3 is 0 Å². The molecule has 0 fully saturated rings. The maximum atomic E-state index is 5.71. The molecule has 2 aromatic rings. The van der Waals surface area contributed by atoms with E-state index in [1.165, 1.54) is 22.0 Å². The standard InChI is InChI=1S/C15H22N4S/c1-2-7-14-15(20-19-18-14)13(17-16)11-6-10-12-8-4-3-5-9-12/h3-5,8-9,13,17H,2,6-7,10-11,16H2,1H3. The second-order valence-corrected chi connectivity index (χ2v) is 5.72. The molecule has 0 aliphatic rings. The Hall–Kier alpha value is -1.30. The normalized spacial score (nSPS) is 12.5. The van der Waals surface area contributed by atoms with Crippen molar-refractivity contribution in [1.82, 2.24) is 15.0 Å². The molecule has 1 atom stereocenters. The van der Waals surface area contributed by atoms with Crippen LogP contribution in [-0.4, -0.2) is 9.59 Å². The summed E-state index contributed by atoms with van der Waals surface area (Å²) in [6.45, 7) is 2.16. The van der Waals surface area contributed by atoms with Gasteiger partial charge in [-0.3, -0.25) is 11.3 Å². The highest BCUT2D eigenvalue weighted by atomic mass is 32.1. The van der Waals surface area contributed by atoms with Crippen molar-refractivity contribution in [1.29, 1.82) is 0 Å². The minimum atomic E-state index is 0.167. The number of aromatic nitrogens is 2. The summed E-state index contributed by atoms with van der Waals surface area (Å²) in [5.41, 5.74) is 5.39. The molecule has 108 valence electrons. The van der Waals surface area contributed by atoms with Crippen molar-refractivity contribution in [2.24, 2.45) is 5.84 Å². The first-order valence-corrected chi connectivity index (χ1v) is 7.93.